The van der Waals surface area contributed by atoms with E-state index in [1.165, 1.54) is 18.4 Å². The van der Waals surface area contributed by atoms with E-state index in [2.05, 4.69) is 57.1 Å². The van der Waals surface area contributed by atoms with Crippen molar-refractivity contribution in [3.8, 4) is 17.3 Å². The van der Waals surface area contributed by atoms with E-state index in [0.717, 1.165) is 34.7 Å². The molecular weight excluding hydrogens is 396 g/mol. The smallest absolute Gasteiger partial charge is 0.132 e. The lowest BCUT2D eigenvalue weighted by Gasteiger charge is -2.11. The van der Waals surface area contributed by atoms with Gasteiger partial charge in [0.1, 0.15) is 11.6 Å². The number of imidazole rings is 1. The molecule has 1 fully saturated rings. The number of hydrogen-bond donors (Lipinski definition) is 1. The standard InChI is InChI=1S/C23H20N6.ClH/c1-2-29-14-26-19-6-5-17(11-21(19)29)20-10-18(16-3-4-16)12-23(27-20)28-22-9-15(13-24)7-8-25-22;/h5-12,14,16H,2-4H2,1H3,(H,25,27,28);1H. The number of fused-ring (bicyclic) bond motifs is 1. The summed E-state index contributed by atoms with van der Waals surface area (Å²) in [5.41, 5.74) is 5.96. The van der Waals surface area contributed by atoms with Crippen molar-refractivity contribution >= 4 is 35.1 Å². The van der Waals surface area contributed by atoms with Gasteiger partial charge in [-0.2, -0.15) is 5.26 Å². The van der Waals surface area contributed by atoms with E-state index in [-0.39, 0.29) is 12.4 Å². The van der Waals surface area contributed by atoms with Gasteiger partial charge in [-0.25, -0.2) is 15.0 Å². The molecule has 4 aromatic rings. The molecule has 5 rings (SSSR count). The minimum absolute atomic E-state index is 0. The first-order chi connectivity index (χ1) is 14.2. The fourth-order valence-electron chi connectivity index (χ4n) is 3.58. The van der Waals surface area contributed by atoms with Crippen LogP contribution in [-0.2, 0) is 6.54 Å². The van der Waals surface area contributed by atoms with Gasteiger partial charge in [-0.05, 0) is 67.6 Å². The first kappa shape index (κ1) is 19.9. The molecule has 0 atom stereocenters. The van der Waals surface area contributed by atoms with Gasteiger partial charge in [0.25, 0.3) is 0 Å². The molecule has 1 N–H and O–H groups in total. The van der Waals surface area contributed by atoms with Gasteiger partial charge >= 0.3 is 0 Å². The predicted molar refractivity (Wildman–Crippen MR) is 120 cm³/mol. The van der Waals surface area contributed by atoms with Crippen molar-refractivity contribution in [2.24, 2.45) is 0 Å². The molecule has 1 aliphatic carbocycles. The summed E-state index contributed by atoms with van der Waals surface area (Å²) in [6, 6.07) is 16.1. The highest BCUT2D eigenvalue weighted by atomic mass is 35.5. The minimum Gasteiger partial charge on any atom is -0.331 e. The summed E-state index contributed by atoms with van der Waals surface area (Å²) in [6.45, 7) is 2.99. The number of benzene rings is 1. The number of halogens is 1. The molecule has 1 saturated carbocycles. The molecule has 0 amide bonds. The van der Waals surface area contributed by atoms with Crippen molar-refractivity contribution in [2.75, 3.05) is 5.32 Å². The Bertz CT molecular complexity index is 1250. The molecule has 0 spiro atoms. The average Bonchev–Trinajstić information content (AvgIpc) is 3.53. The Morgan fingerprint density at radius 3 is 2.73 bits per heavy atom. The molecule has 150 valence electrons. The van der Waals surface area contributed by atoms with E-state index in [9.17, 15) is 0 Å². The topological polar surface area (TPSA) is 79.4 Å². The maximum atomic E-state index is 9.13. The van der Waals surface area contributed by atoms with Crippen LogP contribution in [0.15, 0.2) is 55.0 Å². The second-order valence-corrected chi connectivity index (χ2v) is 7.35. The second kappa shape index (κ2) is 8.13. The Hall–Kier alpha value is -3.43. The highest BCUT2D eigenvalue weighted by Crippen LogP contribution is 2.42. The third-order valence-corrected chi connectivity index (χ3v) is 5.30. The van der Waals surface area contributed by atoms with E-state index in [1.807, 2.05) is 12.4 Å². The first-order valence-corrected chi connectivity index (χ1v) is 9.84. The molecule has 1 aromatic carbocycles. The minimum atomic E-state index is 0. The number of rotatable bonds is 5. The first-order valence-electron chi connectivity index (χ1n) is 9.84. The highest BCUT2D eigenvalue weighted by molar-refractivity contribution is 5.85. The quantitative estimate of drug-likeness (QED) is 0.469. The zero-order valence-corrected chi connectivity index (χ0v) is 17.4. The number of nitriles is 1. The fourth-order valence-corrected chi connectivity index (χ4v) is 3.58. The molecule has 3 heterocycles. The molecule has 30 heavy (non-hydrogen) atoms. The maximum Gasteiger partial charge on any atom is 0.132 e. The number of nitrogens with zero attached hydrogens (tertiary/aromatic N) is 5. The van der Waals surface area contributed by atoms with Crippen molar-refractivity contribution < 1.29 is 0 Å². The lowest BCUT2D eigenvalue weighted by atomic mass is 10.1. The lowest BCUT2D eigenvalue weighted by molar-refractivity contribution is 0.787. The summed E-state index contributed by atoms with van der Waals surface area (Å²) in [5.74, 6) is 1.96. The molecule has 0 bridgehead atoms. The van der Waals surface area contributed by atoms with Crippen molar-refractivity contribution in [3.63, 3.8) is 0 Å². The monoisotopic (exact) mass is 416 g/mol. The number of aromatic nitrogens is 4. The van der Waals surface area contributed by atoms with Crippen LogP contribution in [0.2, 0.25) is 0 Å². The molecule has 0 saturated heterocycles. The average molecular weight is 417 g/mol. The van der Waals surface area contributed by atoms with Gasteiger partial charge < -0.3 is 9.88 Å². The van der Waals surface area contributed by atoms with Crippen LogP contribution in [0.3, 0.4) is 0 Å². The van der Waals surface area contributed by atoms with Gasteiger partial charge in [0.2, 0.25) is 0 Å². The summed E-state index contributed by atoms with van der Waals surface area (Å²) < 4.78 is 2.14. The van der Waals surface area contributed by atoms with Crippen LogP contribution in [0.25, 0.3) is 22.3 Å². The van der Waals surface area contributed by atoms with E-state index < -0.39 is 0 Å². The SMILES string of the molecule is CCn1cnc2ccc(-c3cc(C4CC4)cc(Nc4cc(C#N)ccn4)n3)cc21.Cl. The Morgan fingerprint density at radius 1 is 1.10 bits per heavy atom. The van der Waals surface area contributed by atoms with Crippen LogP contribution in [0.4, 0.5) is 11.6 Å². The van der Waals surface area contributed by atoms with E-state index in [4.69, 9.17) is 10.2 Å². The van der Waals surface area contributed by atoms with Crippen molar-refractivity contribution in [1.29, 1.82) is 5.26 Å². The van der Waals surface area contributed by atoms with Gasteiger partial charge in [-0.3, -0.25) is 0 Å². The predicted octanol–water partition coefficient (Wildman–Crippen LogP) is 5.43. The largest absolute Gasteiger partial charge is 0.331 e. The number of anilines is 2. The molecule has 7 heteroatoms. The summed E-state index contributed by atoms with van der Waals surface area (Å²) in [5, 5.41) is 12.4. The Balaban J connectivity index is 0.00000218. The Morgan fingerprint density at radius 2 is 1.97 bits per heavy atom. The molecule has 6 nitrogen and oxygen atoms in total. The van der Waals surface area contributed by atoms with E-state index >= 15 is 0 Å². The van der Waals surface area contributed by atoms with Crippen molar-refractivity contribution in [1.82, 2.24) is 19.5 Å². The number of pyridine rings is 2. The van der Waals surface area contributed by atoms with Crippen molar-refractivity contribution in [3.05, 3.63) is 66.1 Å². The Labute approximate surface area is 181 Å². The number of hydrogen-bond acceptors (Lipinski definition) is 5. The van der Waals surface area contributed by atoms with E-state index in [0.29, 0.717) is 17.3 Å². The molecule has 0 aliphatic heterocycles. The highest BCUT2D eigenvalue weighted by Gasteiger charge is 2.25. The van der Waals surface area contributed by atoms with E-state index in [1.54, 1.807) is 18.3 Å². The van der Waals surface area contributed by atoms with Gasteiger partial charge in [0.15, 0.2) is 0 Å². The van der Waals surface area contributed by atoms with Gasteiger partial charge in [-0.15, -0.1) is 12.4 Å². The third kappa shape index (κ3) is 3.85. The number of aryl methyl sites for hydroxylation is 1. The lowest BCUT2D eigenvalue weighted by Crippen LogP contribution is -1.99. The van der Waals surface area contributed by atoms with Crippen LogP contribution in [0.1, 0.15) is 36.8 Å². The zero-order chi connectivity index (χ0) is 19.8. The zero-order valence-electron chi connectivity index (χ0n) is 16.5. The van der Waals surface area contributed by atoms with Gasteiger partial charge in [-0.1, -0.05) is 6.07 Å². The molecular formula is C23H21ClN6. The van der Waals surface area contributed by atoms with Gasteiger partial charge in [0.05, 0.1) is 34.7 Å². The molecule has 0 radical (unpaired) electrons. The second-order valence-electron chi connectivity index (χ2n) is 7.35. The molecule has 1 aliphatic rings. The summed E-state index contributed by atoms with van der Waals surface area (Å²) >= 11 is 0. The third-order valence-electron chi connectivity index (χ3n) is 5.30. The van der Waals surface area contributed by atoms with Gasteiger partial charge in [0, 0.05) is 18.3 Å². The number of nitrogens with one attached hydrogen (secondary N) is 1. The molecule has 0 unspecified atom stereocenters. The van der Waals surface area contributed by atoms with Crippen LogP contribution < -0.4 is 5.32 Å². The maximum absolute atomic E-state index is 9.13. The summed E-state index contributed by atoms with van der Waals surface area (Å²) in [7, 11) is 0. The summed E-state index contributed by atoms with van der Waals surface area (Å²) in [6.07, 6.45) is 5.94. The normalized spacial score (nSPS) is 12.9. The molecule has 3 aromatic heterocycles. The van der Waals surface area contributed by atoms with Crippen LogP contribution in [-0.4, -0.2) is 19.5 Å². The van der Waals surface area contributed by atoms with Crippen LogP contribution >= 0.6 is 12.4 Å². The Kier molecular flexibility index (Phi) is 5.39. The fraction of sp³-hybridized carbons (Fsp3) is 0.217. The van der Waals surface area contributed by atoms with Crippen LogP contribution in [0, 0.1) is 11.3 Å². The summed E-state index contributed by atoms with van der Waals surface area (Å²) in [4.78, 5) is 13.6. The van der Waals surface area contributed by atoms with Crippen molar-refractivity contribution in [2.45, 2.75) is 32.2 Å². The van der Waals surface area contributed by atoms with Crippen LogP contribution in [0.5, 0.6) is 0 Å².